The van der Waals surface area contributed by atoms with Gasteiger partial charge in [0.2, 0.25) is 0 Å². The second kappa shape index (κ2) is 26.9. The van der Waals surface area contributed by atoms with Crippen LogP contribution in [0.5, 0.6) is 17.2 Å². The van der Waals surface area contributed by atoms with Crippen molar-refractivity contribution >= 4 is 82.5 Å². The summed E-state index contributed by atoms with van der Waals surface area (Å²) in [7, 11) is 0. The molecule has 0 aliphatic carbocycles. The maximum Gasteiger partial charge on any atom is 0.343 e. The van der Waals surface area contributed by atoms with E-state index in [1.165, 1.54) is 0 Å². The van der Waals surface area contributed by atoms with Gasteiger partial charge in [-0.1, -0.05) is 93.0 Å². The van der Waals surface area contributed by atoms with E-state index in [9.17, 15) is 49.2 Å². The van der Waals surface area contributed by atoms with Gasteiger partial charge in [0.25, 0.3) is 16.7 Å². The van der Waals surface area contributed by atoms with Crippen LogP contribution < -0.4 is 26.2 Å². The second-order valence-corrected chi connectivity index (χ2v) is 25.9. The number of allylic oxidation sites excluding steroid dienone is 2. The summed E-state index contributed by atoms with van der Waals surface area (Å²) >= 11 is 6.49. The molecule has 3 atom stereocenters. The molecule has 0 amide bonds. The number of benzene rings is 3. The van der Waals surface area contributed by atoms with E-state index in [4.69, 9.17) is 38.6 Å². The first kappa shape index (κ1) is 68.8. The van der Waals surface area contributed by atoms with Crippen LogP contribution >= 0.6 is 31.9 Å². The van der Waals surface area contributed by atoms with E-state index >= 15 is 0 Å². The maximum absolute atomic E-state index is 13.7. The molecule has 508 valence electrons. The molecule has 3 aromatic carbocycles. The molecule has 0 radical (unpaired) electrons. The molecule has 0 fully saturated rings. The van der Waals surface area contributed by atoms with Crippen molar-refractivity contribution in [3.05, 3.63) is 195 Å². The Balaban J connectivity index is 0.000000210. The number of aromatic nitrogens is 6. The molecule has 15 rings (SSSR count). The highest BCUT2D eigenvalue weighted by Gasteiger charge is 2.48. The number of ether oxygens (including phenoxy) is 5. The Morgan fingerprint density at radius 1 is 0.459 bits per heavy atom. The molecule has 0 spiro atoms. The minimum atomic E-state index is -1.89. The van der Waals surface area contributed by atoms with Gasteiger partial charge >= 0.3 is 17.9 Å². The Hall–Kier alpha value is -9.13. The lowest BCUT2D eigenvalue weighted by atomic mass is 9.86. The molecule has 6 aromatic heterocycles. The summed E-state index contributed by atoms with van der Waals surface area (Å²) in [6.45, 7) is 12.3. The molecular weight excluding hydrogens is 1380 g/mol. The van der Waals surface area contributed by atoms with Crippen molar-refractivity contribution in [2.24, 2.45) is 0 Å². The van der Waals surface area contributed by atoms with E-state index in [2.05, 4.69) is 57.9 Å². The number of cyclic esters (lactones) is 3. The number of hydrogen-bond acceptors (Lipinski definition) is 18. The molecule has 12 heterocycles. The number of pyridine rings is 6. The number of nitrogens with zero attached hydrogens (tertiary/aromatic N) is 6. The van der Waals surface area contributed by atoms with Crippen molar-refractivity contribution in [3.63, 3.8) is 0 Å². The average molecular weight is 1460 g/mol. The lowest BCUT2D eigenvalue weighted by Gasteiger charge is -2.31. The standard InChI is InChI=1S/C48H44N4O10.C22H20N2O5.C4H6Br2.CH4/c1-5-27-29-17-25(11-13-37(29)49-41-31(27)21-51-39(41)19-35-33(43(51)53)23-61-45(55)47(35,57)7-3)59-15-9-10-16-60-26-12-14-38-30(18-26)28(6-2)32-22-52-40(42(32)50-38)20-36-34(44(52)54)24-62-46(56)48(36,58)8-4;1-3-12-13-7-11(25)5-6-17(13)23-19-14(12)9-24-18(19)8-16-15(20(24)26)10-29-21(27)22(16,28)4-2;5-3-1-2-4-6;/h9-14,17-20,57-58H,5-8,15-16,21-24H2,1-4H3;5-8,25,28H,3-4,9-10H2,1-2H3;1-2H,3-4H2;1H4/b10-9+;;2-1+;. The SMILES string of the molecule is BrC/C=C/CBr.C.CCc1c2c(nc3ccc(O)cc13)-c1cc3c(c(=O)n1C2)COC(=O)C3(O)CC.CCc1c2c(nc3ccc(OC/C=C/COc4ccc5nc6c(c(CC)c5c4)Cn4c-6cc5c(c4=O)COC(=O)C5(O)CC)cc13)-c1cc3c(c(=O)n1C2)COC(=O)C3(O)CC. The first-order valence-corrected chi connectivity index (χ1v) is 34.7. The zero-order valence-electron chi connectivity index (χ0n) is 54.3. The molecule has 0 saturated carbocycles. The Morgan fingerprint density at radius 3 is 1.08 bits per heavy atom. The number of aryl methyl sites for hydroxylation is 3. The number of hydrogen-bond donors (Lipinski definition) is 4. The fourth-order valence-electron chi connectivity index (χ4n) is 14.4. The molecule has 0 saturated heterocycles. The van der Waals surface area contributed by atoms with Crippen LogP contribution in [0.4, 0.5) is 0 Å². The minimum absolute atomic E-state index is 0. The number of carbonyl (C=O) groups is 3. The zero-order valence-corrected chi connectivity index (χ0v) is 57.4. The fourth-order valence-corrected chi connectivity index (χ4v) is 14.9. The average Bonchev–Trinajstić information content (AvgIpc) is 1.56. The molecule has 3 unspecified atom stereocenters. The lowest BCUT2D eigenvalue weighted by Crippen LogP contribution is -2.44. The van der Waals surface area contributed by atoms with Gasteiger partial charge in [0.05, 0.1) is 87.0 Å². The van der Waals surface area contributed by atoms with Crippen LogP contribution in [0.15, 0.2) is 111 Å². The first-order chi connectivity index (χ1) is 46.7. The Bertz CT molecular complexity index is 4880. The Kier molecular flexibility index (Phi) is 18.9. The van der Waals surface area contributed by atoms with Gasteiger partial charge in [-0.15, -0.1) is 0 Å². The smallest absolute Gasteiger partial charge is 0.343 e. The third-order valence-corrected chi connectivity index (χ3v) is 20.4. The van der Waals surface area contributed by atoms with Gasteiger partial charge in [0.1, 0.15) is 50.3 Å². The topological polar surface area (TPSA) is 283 Å². The third kappa shape index (κ3) is 11.1. The number of carbonyl (C=O) groups excluding carboxylic acids is 3. The number of aromatic hydroxyl groups is 1. The highest BCUT2D eigenvalue weighted by Crippen LogP contribution is 2.45. The summed E-state index contributed by atoms with van der Waals surface area (Å²) in [5.41, 5.74) is 7.24. The zero-order chi connectivity index (χ0) is 68.6. The normalized spacial score (nSPS) is 18.7. The number of fused-ring (bicyclic) bond motifs is 15. The van der Waals surface area contributed by atoms with Gasteiger partial charge in [0.15, 0.2) is 16.8 Å². The van der Waals surface area contributed by atoms with Crippen molar-refractivity contribution in [1.82, 2.24) is 28.7 Å². The monoisotopic (exact) mass is 1460 g/mol. The van der Waals surface area contributed by atoms with Crippen molar-refractivity contribution < 1.29 is 58.5 Å². The van der Waals surface area contributed by atoms with Crippen LogP contribution in [0.1, 0.15) is 135 Å². The molecule has 23 heteroatoms. The van der Waals surface area contributed by atoms with Gasteiger partial charge < -0.3 is 57.8 Å². The van der Waals surface area contributed by atoms with Crippen molar-refractivity contribution in [3.8, 4) is 51.4 Å². The van der Waals surface area contributed by atoms with Crippen molar-refractivity contribution in [2.45, 2.75) is 144 Å². The van der Waals surface area contributed by atoms with Crippen molar-refractivity contribution in [2.75, 3.05) is 23.9 Å². The van der Waals surface area contributed by atoms with E-state index in [1.54, 1.807) is 70.9 Å². The van der Waals surface area contributed by atoms with Gasteiger partial charge in [-0.05, 0) is 140 Å². The van der Waals surface area contributed by atoms with Gasteiger partial charge in [-0.3, -0.25) is 14.4 Å². The second-order valence-electron chi connectivity index (χ2n) is 24.6. The molecule has 6 aliphatic rings. The number of phenolic OH excluding ortho intramolecular Hbond substituents is 1. The number of esters is 3. The minimum Gasteiger partial charge on any atom is -0.508 e. The molecule has 6 aliphatic heterocycles. The summed E-state index contributed by atoms with van der Waals surface area (Å²) in [4.78, 5) is 92.8. The van der Waals surface area contributed by atoms with E-state index in [1.807, 2.05) is 55.5 Å². The molecule has 98 heavy (non-hydrogen) atoms. The van der Waals surface area contributed by atoms with Gasteiger partial charge in [-0.2, -0.15) is 0 Å². The van der Waals surface area contributed by atoms with Gasteiger partial charge in [-0.25, -0.2) is 29.3 Å². The van der Waals surface area contributed by atoms with Crippen LogP contribution in [0.25, 0.3) is 66.9 Å². The molecule has 9 aromatic rings. The number of alkyl halides is 2. The number of phenols is 1. The quantitative estimate of drug-likeness (QED) is 0.0341. The predicted molar refractivity (Wildman–Crippen MR) is 377 cm³/mol. The van der Waals surface area contributed by atoms with Gasteiger partial charge in [0, 0.05) is 60.2 Å². The number of halogens is 2. The predicted octanol–water partition coefficient (Wildman–Crippen LogP) is 10.9. The fraction of sp³-hybridized carbons (Fsp3) is 0.347. The Labute approximate surface area is 580 Å². The van der Waals surface area contributed by atoms with Crippen LogP contribution in [-0.2, 0) is 104 Å². The summed E-state index contributed by atoms with van der Waals surface area (Å²) in [6.07, 6.45) is 10.3. The van der Waals surface area contributed by atoms with Crippen LogP contribution in [0.3, 0.4) is 0 Å². The van der Waals surface area contributed by atoms with Crippen LogP contribution in [-0.4, -0.2) is 90.9 Å². The lowest BCUT2D eigenvalue weighted by molar-refractivity contribution is -0.172. The number of aliphatic hydroxyl groups is 3. The summed E-state index contributed by atoms with van der Waals surface area (Å²) in [5.74, 6) is -0.726. The van der Waals surface area contributed by atoms with E-state index < -0.39 is 34.7 Å². The number of rotatable bonds is 14. The maximum atomic E-state index is 13.7. The van der Waals surface area contributed by atoms with Crippen LogP contribution in [0.2, 0.25) is 0 Å². The van der Waals surface area contributed by atoms with E-state index in [0.717, 1.165) is 76.7 Å². The first-order valence-electron chi connectivity index (χ1n) is 32.5. The highest BCUT2D eigenvalue weighted by atomic mass is 79.9. The summed E-state index contributed by atoms with van der Waals surface area (Å²) < 4.78 is 32.7. The Morgan fingerprint density at radius 2 is 0.776 bits per heavy atom. The summed E-state index contributed by atoms with van der Waals surface area (Å²) in [6, 6.07) is 21.7. The molecular formula is C75H74Br2N6O15. The van der Waals surface area contributed by atoms with Crippen molar-refractivity contribution in [1.29, 1.82) is 0 Å². The molecule has 4 N–H and O–H groups in total. The van der Waals surface area contributed by atoms with E-state index in [0.29, 0.717) is 131 Å². The molecule has 21 nitrogen and oxygen atoms in total. The van der Waals surface area contributed by atoms with E-state index in [-0.39, 0.29) is 68.9 Å². The largest absolute Gasteiger partial charge is 0.508 e. The molecule has 0 bridgehead atoms. The summed E-state index contributed by atoms with van der Waals surface area (Å²) in [5, 5.41) is 48.0. The third-order valence-electron chi connectivity index (χ3n) is 19.6. The van der Waals surface area contributed by atoms with Crippen LogP contribution in [0, 0.1) is 0 Å². The highest BCUT2D eigenvalue weighted by molar-refractivity contribution is 9.09.